The van der Waals surface area contributed by atoms with Gasteiger partial charge in [-0.25, -0.2) is 0 Å². The van der Waals surface area contributed by atoms with Crippen LogP contribution in [0.15, 0.2) is 29.4 Å². The van der Waals surface area contributed by atoms with Gasteiger partial charge in [0.05, 0.1) is 12.8 Å². The van der Waals surface area contributed by atoms with E-state index in [2.05, 4.69) is 17.3 Å². The minimum absolute atomic E-state index is 0.282. The maximum Gasteiger partial charge on any atom is 0.118 e. The fraction of sp³-hybridized carbons (Fsp3) is 0.462. The topological polar surface area (TPSA) is 41.8 Å². The van der Waals surface area contributed by atoms with Gasteiger partial charge in [-0.3, -0.25) is 0 Å². The Hall–Kier alpha value is -1.51. The maximum atomic E-state index is 8.99. The van der Waals surface area contributed by atoms with Crippen LogP contribution in [0.3, 0.4) is 0 Å². The van der Waals surface area contributed by atoms with Crippen molar-refractivity contribution in [2.24, 2.45) is 5.16 Å². The number of oxime groups is 1. The molecule has 1 fully saturated rings. The summed E-state index contributed by atoms with van der Waals surface area (Å²) in [6.07, 6.45) is 4.32. The molecular weight excluding hydrogens is 202 g/mol. The molecule has 1 saturated carbocycles. The molecule has 1 unspecified atom stereocenters. The third-order valence-electron chi connectivity index (χ3n) is 3.22. The van der Waals surface area contributed by atoms with E-state index in [0.717, 1.165) is 30.7 Å². The standard InChI is InChI=1S/C13H17NO2/c1-16-11-8-6-10(7-9-11)12-4-2-3-5-13(12)14-15/h6-9,12,15H,2-5H2,1H3/b14-13+. The molecule has 16 heavy (non-hydrogen) atoms. The van der Waals surface area contributed by atoms with Gasteiger partial charge in [0.15, 0.2) is 0 Å². The predicted octanol–water partition coefficient (Wildman–Crippen LogP) is 3.18. The van der Waals surface area contributed by atoms with Crippen molar-refractivity contribution in [3.63, 3.8) is 0 Å². The summed E-state index contributed by atoms with van der Waals surface area (Å²) in [6.45, 7) is 0. The molecule has 0 aliphatic heterocycles. The molecule has 3 nitrogen and oxygen atoms in total. The van der Waals surface area contributed by atoms with Crippen LogP contribution >= 0.6 is 0 Å². The largest absolute Gasteiger partial charge is 0.497 e. The van der Waals surface area contributed by atoms with E-state index >= 15 is 0 Å². The van der Waals surface area contributed by atoms with Crippen molar-refractivity contribution < 1.29 is 9.94 Å². The van der Waals surface area contributed by atoms with E-state index in [1.165, 1.54) is 12.0 Å². The van der Waals surface area contributed by atoms with E-state index in [9.17, 15) is 0 Å². The molecule has 1 atom stereocenters. The van der Waals surface area contributed by atoms with E-state index < -0.39 is 0 Å². The van der Waals surface area contributed by atoms with Crippen molar-refractivity contribution in [1.29, 1.82) is 0 Å². The highest BCUT2D eigenvalue weighted by molar-refractivity contribution is 5.91. The first kappa shape index (κ1) is 11.0. The second-order valence-electron chi connectivity index (χ2n) is 4.16. The van der Waals surface area contributed by atoms with Crippen LogP contribution in [0.5, 0.6) is 5.75 Å². The number of nitrogens with zero attached hydrogens (tertiary/aromatic N) is 1. The van der Waals surface area contributed by atoms with E-state index in [0.29, 0.717) is 0 Å². The first-order valence-electron chi connectivity index (χ1n) is 5.70. The summed E-state index contributed by atoms with van der Waals surface area (Å²) in [5.41, 5.74) is 2.13. The highest BCUT2D eigenvalue weighted by Crippen LogP contribution is 2.31. The summed E-state index contributed by atoms with van der Waals surface area (Å²) < 4.78 is 5.13. The van der Waals surface area contributed by atoms with Crippen molar-refractivity contribution in [2.45, 2.75) is 31.6 Å². The fourth-order valence-corrected chi connectivity index (χ4v) is 2.31. The molecule has 1 N–H and O–H groups in total. The van der Waals surface area contributed by atoms with Crippen LogP contribution in [-0.2, 0) is 0 Å². The Bertz CT molecular complexity index is 370. The molecule has 1 aromatic rings. The zero-order chi connectivity index (χ0) is 11.4. The third-order valence-corrected chi connectivity index (χ3v) is 3.22. The Balaban J connectivity index is 2.21. The van der Waals surface area contributed by atoms with Crippen LogP contribution in [0, 0.1) is 0 Å². The zero-order valence-corrected chi connectivity index (χ0v) is 9.52. The van der Waals surface area contributed by atoms with Crippen LogP contribution in [0.25, 0.3) is 0 Å². The Morgan fingerprint density at radius 1 is 1.25 bits per heavy atom. The summed E-state index contributed by atoms with van der Waals surface area (Å²) >= 11 is 0. The van der Waals surface area contributed by atoms with Crippen molar-refractivity contribution >= 4 is 5.71 Å². The van der Waals surface area contributed by atoms with Crippen molar-refractivity contribution in [1.82, 2.24) is 0 Å². The molecular formula is C13H17NO2. The first-order chi connectivity index (χ1) is 7.85. The lowest BCUT2D eigenvalue weighted by molar-refractivity contribution is 0.312. The van der Waals surface area contributed by atoms with Gasteiger partial charge < -0.3 is 9.94 Å². The molecule has 0 aromatic heterocycles. The second-order valence-corrected chi connectivity index (χ2v) is 4.16. The van der Waals surface area contributed by atoms with Crippen molar-refractivity contribution in [2.75, 3.05) is 7.11 Å². The zero-order valence-electron chi connectivity index (χ0n) is 9.52. The Labute approximate surface area is 95.7 Å². The molecule has 1 aromatic carbocycles. The normalized spacial score (nSPS) is 23.3. The van der Waals surface area contributed by atoms with Crippen LogP contribution in [0.2, 0.25) is 0 Å². The van der Waals surface area contributed by atoms with Crippen molar-refractivity contribution in [3.8, 4) is 5.75 Å². The molecule has 3 heteroatoms. The van der Waals surface area contributed by atoms with Crippen LogP contribution in [-0.4, -0.2) is 18.0 Å². The lowest BCUT2D eigenvalue weighted by atomic mass is 9.82. The summed E-state index contributed by atoms with van der Waals surface area (Å²) in [5, 5.41) is 12.4. The first-order valence-corrected chi connectivity index (χ1v) is 5.70. The summed E-state index contributed by atoms with van der Waals surface area (Å²) in [5.74, 6) is 1.15. The van der Waals surface area contributed by atoms with Gasteiger partial charge in [-0.05, 0) is 37.0 Å². The van der Waals surface area contributed by atoms with Crippen molar-refractivity contribution in [3.05, 3.63) is 29.8 Å². The molecule has 0 amide bonds. The minimum atomic E-state index is 0.282. The van der Waals surface area contributed by atoms with Gasteiger partial charge in [0, 0.05) is 5.92 Å². The Morgan fingerprint density at radius 2 is 2.00 bits per heavy atom. The molecule has 2 rings (SSSR count). The van der Waals surface area contributed by atoms with Gasteiger partial charge in [0.2, 0.25) is 0 Å². The van der Waals surface area contributed by atoms with Gasteiger partial charge >= 0.3 is 0 Å². The van der Waals surface area contributed by atoms with E-state index in [1.807, 2.05) is 12.1 Å². The SMILES string of the molecule is COc1ccc(C2CCCC/C2=N\O)cc1. The Morgan fingerprint density at radius 3 is 2.62 bits per heavy atom. The number of hydrogen-bond donors (Lipinski definition) is 1. The molecule has 86 valence electrons. The summed E-state index contributed by atoms with van der Waals surface area (Å²) in [6, 6.07) is 8.03. The highest BCUT2D eigenvalue weighted by Gasteiger charge is 2.22. The lowest BCUT2D eigenvalue weighted by Crippen LogP contribution is -2.17. The third kappa shape index (κ3) is 2.18. The minimum Gasteiger partial charge on any atom is -0.497 e. The van der Waals surface area contributed by atoms with Gasteiger partial charge in [0.1, 0.15) is 5.75 Å². The van der Waals surface area contributed by atoms with Crippen LogP contribution in [0.4, 0.5) is 0 Å². The highest BCUT2D eigenvalue weighted by atomic mass is 16.5. The number of ether oxygens (including phenoxy) is 1. The molecule has 0 spiro atoms. The van der Waals surface area contributed by atoms with Crippen LogP contribution in [0.1, 0.15) is 37.2 Å². The lowest BCUT2D eigenvalue weighted by Gasteiger charge is -2.23. The van der Waals surface area contributed by atoms with Gasteiger partial charge in [-0.2, -0.15) is 0 Å². The number of benzene rings is 1. The monoisotopic (exact) mass is 219 g/mol. The molecule has 0 heterocycles. The maximum absolute atomic E-state index is 8.99. The Kier molecular flexibility index (Phi) is 3.44. The molecule has 0 radical (unpaired) electrons. The molecule has 1 aliphatic carbocycles. The van der Waals surface area contributed by atoms with E-state index in [1.54, 1.807) is 7.11 Å². The molecule has 0 saturated heterocycles. The van der Waals surface area contributed by atoms with Gasteiger partial charge in [0.25, 0.3) is 0 Å². The number of hydrogen-bond acceptors (Lipinski definition) is 3. The van der Waals surface area contributed by atoms with Gasteiger partial charge in [-0.15, -0.1) is 0 Å². The average molecular weight is 219 g/mol. The smallest absolute Gasteiger partial charge is 0.118 e. The number of rotatable bonds is 2. The molecule has 1 aliphatic rings. The quantitative estimate of drug-likeness (QED) is 0.613. The average Bonchev–Trinajstić information content (AvgIpc) is 2.39. The van der Waals surface area contributed by atoms with E-state index in [4.69, 9.17) is 9.94 Å². The number of methoxy groups -OCH3 is 1. The van der Waals surface area contributed by atoms with Gasteiger partial charge in [-0.1, -0.05) is 23.7 Å². The van der Waals surface area contributed by atoms with Crippen LogP contribution < -0.4 is 4.74 Å². The predicted molar refractivity (Wildman–Crippen MR) is 63.4 cm³/mol. The summed E-state index contributed by atoms with van der Waals surface area (Å²) in [4.78, 5) is 0. The molecule has 0 bridgehead atoms. The second kappa shape index (κ2) is 5.01. The summed E-state index contributed by atoms with van der Waals surface area (Å²) in [7, 11) is 1.66. The van der Waals surface area contributed by atoms with E-state index in [-0.39, 0.29) is 5.92 Å². The fourth-order valence-electron chi connectivity index (χ4n) is 2.31.